The zero-order chi connectivity index (χ0) is 13.8. The average Bonchev–Trinajstić information content (AvgIpc) is 2.43. The molecule has 1 fully saturated rings. The van der Waals surface area contributed by atoms with Crippen molar-refractivity contribution >= 4 is 5.91 Å². The lowest BCUT2D eigenvalue weighted by atomic mass is 10.00. The summed E-state index contributed by atoms with van der Waals surface area (Å²) in [4.78, 5) is 14.1. The second kappa shape index (κ2) is 6.06. The number of nitrogens with one attached hydrogen (secondary N) is 1. The molecular weight excluding hydrogens is 240 g/mol. The van der Waals surface area contributed by atoms with Gasteiger partial charge in [-0.1, -0.05) is 24.6 Å². The van der Waals surface area contributed by atoms with Crippen LogP contribution in [0.25, 0.3) is 0 Å². The first-order chi connectivity index (χ1) is 9.13. The van der Waals surface area contributed by atoms with Crippen molar-refractivity contribution in [2.45, 2.75) is 38.8 Å². The number of aromatic hydroxyl groups is 1. The molecule has 1 atom stereocenters. The Kier molecular flexibility index (Phi) is 4.43. The van der Waals surface area contributed by atoms with Crippen molar-refractivity contribution in [3.05, 3.63) is 29.3 Å². The predicted octanol–water partition coefficient (Wildman–Crippen LogP) is 1.80. The van der Waals surface area contributed by atoms with Gasteiger partial charge in [-0.3, -0.25) is 9.69 Å². The molecule has 4 heteroatoms. The van der Waals surface area contributed by atoms with Crippen LogP contribution in [0.1, 0.15) is 30.4 Å². The lowest BCUT2D eigenvalue weighted by Gasteiger charge is -2.34. The van der Waals surface area contributed by atoms with Crippen LogP contribution in [0.3, 0.4) is 0 Å². The number of phenols is 1. The fourth-order valence-corrected chi connectivity index (χ4v) is 2.71. The van der Waals surface area contributed by atoms with Crippen LogP contribution < -0.4 is 5.32 Å². The van der Waals surface area contributed by atoms with E-state index < -0.39 is 0 Å². The summed E-state index contributed by atoms with van der Waals surface area (Å²) >= 11 is 0. The maximum absolute atomic E-state index is 11.9. The molecule has 1 saturated heterocycles. The first-order valence-electron chi connectivity index (χ1n) is 6.86. The molecule has 0 spiro atoms. The van der Waals surface area contributed by atoms with Gasteiger partial charge < -0.3 is 10.4 Å². The Morgan fingerprint density at radius 1 is 1.47 bits per heavy atom. The molecule has 0 saturated carbocycles. The first-order valence-corrected chi connectivity index (χ1v) is 6.86. The zero-order valence-electron chi connectivity index (χ0n) is 11.6. The van der Waals surface area contributed by atoms with Gasteiger partial charge in [-0.15, -0.1) is 0 Å². The molecule has 104 valence electrons. The highest BCUT2D eigenvalue weighted by molar-refractivity contribution is 5.81. The molecule has 1 heterocycles. The van der Waals surface area contributed by atoms with Crippen molar-refractivity contribution < 1.29 is 9.90 Å². The van der Waals surface area contributed by atoms with Crippen LogP contribution in [0.4, 0.5) is 0 Å². The minimum absolute atomic E-state index is 0.0707. The topological polar surface area (TPSA) is 52.6 Å². The maximum atomic E-state index is 11.9. The number of aryl methyl sites for hydroxylation is 1. The van der Waals surface area contributed by atoms with E-state index in [1.165, 1.54) is 0 Å². The number of likely N-dealkylation sites (N-methyl/N-ethyl adjacent to an activating group) is 1. The molecule has 19 heavy (non-hydrogen) atoms. The van der Waals surface area contributed by atoms with Crippen LogP contribution in [-0.2, 0) is 11.3 Å². The molecule has 1 aromatic rings. The molecule has 1 unspecified atom stereocenters. The number of hydrogen-bond donors (Lipinski definition) is 2. The van der Waals surface area contributed by atoms with E-state index in [0.717, 1.165) is 36.9 Å². The molecule has 1 aromatic carbocycles. The molecular formula is C15H22N2O2. The van der Waals surface area contributed by atoms with Crippen LogP contribution in [0, 0.1) is 6.92 Å². The third kappa shape index (κ3) is 3.07. The van der Waals surface area contributed by atoms with Gasteiger partial charge in [0.15, 0.2) is 0 Å². The van der Waals surface area contributed by atoms with Gasteiger partial charge >= 0.3 is 0 Å². The zero-order valence-corrected chi connectivity index (χ0v) is 11.6. The lowest BCUT2D eigenvalue weighted by Crippen LogP contribution is -2.48. The van der Waals surface area contributed by atoms with Crippen LogP contribution in [0.15, 0.2) is 18.2 Å². The highest BCUT2D eigenvalue weighted by Gasteiger charge is 2.28. The van der Waals surface area contributed by atoms with Gasteiger partial charge in [0.1, 0.15) is 5.75 Å². The molecule has 1 aliphatic rings. The third-order valence-corrected chi connectivity index (χ3v) is 3.86. The minimum Gasteiger partial charge on any atom is -0.507 e. The van der Waals surface area contributed by atoms with Crippen molar-refractivity contribution in [2.24, 2.45) is 0 Å². The summed E-state index contributed by atoms with van der Waals surface area (Å²) in [6.07, 6.45) is 3.10. The maximum Gasteiger partial charge on any atom is 0.237 e. The summed E-state index contributed by atoms with van der Waals surface area (Å²) in [5.41, 5.74) is 1.78. The summed E-state index contributed by atoms with van der Waals surface area (Å²) in [5, 5.41) is 12.8. The van der Waals surface area contributed by atoms with Gasteiger partial charge in [-0.25, -0.2) is 0 Å². The summed E-state index contributed by atoms with van der Waals surface area (Å²) in [6.45, 7) is 3.43. The quantitative estimate of drug-likeness (QED) is 0.873. The Morgan fingerprint density at radius 2 is 2.26 bits per heavy atom. The number of carbonyl (C=O) groups is 1. The molecule has 1 aliphatic heterocycles. The number of para-hydroxylation sites is 1. The second-order valence-electron chi connectivity index (χ2n) is 5.18. The number of amides is 1. The number of piperidine rings is 1. The number of likely N-dealkylation sites (tertiary alicyclic amines) is 1. The molecule has 0 aliphatic carbocycles. The highest BCUT2D eigenvalue weighted by Crippen LogP contribution is 2.26. The third-order valence-electron chi connectivity index (χ3n) is 3.86. The van der Waals surface area contributed by atoms with E-state index in [1.54, 1.807) is 7.05 Å². The molecule has 0 aromatic heterocycles. The van der Waals surface area contributed by atoms with Crippen molar-refractivity contribution in [1.29, 1.82) is 0 Å². The minimum atomic E-state index is -0.0707. The number of phenolic OH excluding ortho intramolecular Hbond substituents is 1. The van der Waals surface area contributed by atoms with Crippen molar-refractivity contribution in [2.75, 3.05) is 13.6 Å². The fraction of sp³-hybridized carbons (Fsp3) is 0.533. The number of nitrogens with zero attached hydrogens (tertiary/aromatic N) is 1. The van der Waals surface area contributed by atoms with Crippen LogP contribution in [0.5, 0.6) is 5.75 Å². The molecule has 2 rings (SSSR count). The standard InChI is InChI=1S/C15H22N2O2/c1-11-6-5-7-12(14(11)18)10-17-9-4-3-8-13(17)15(19)16-2/h5-7,13,18H,3-4,8-10H2,1-2H3,(H,16,19). The van der Waals surface area contributed by atoms with Crippen LogP contribution >= 0.6 is 0 Å². The summed E-state index contributed by atoms with van der Waals surface area (Å²) in [7, 11) is 1.68. The first kappa shape index (κ1) is 13.9. The normalized spacial score (nSPS) is 20.2. The second-order valence-corrected chi connectivity index (χ2v) is 5.18. The van der Waals surface area contributed by atoms with E-state index in [0.29, 0.717) is 12.3 Å². The molecule has 1 amide bonds. The van der Waals surface area contributed by atoms with E-state index in [4.69, 9.17) is 0 Å². The molecule has 0 bridgehead atoms. The van der Waals surface area contributed by atoms with E-state index >= 15 is 0 Å². The number of benzene rings is 1. The van der Waals surface area contributed by atoms with Gasteiger partial charge in [0, 0.05) is 19.2 Å². The predicted molar refractivity (Wildman–Crippen MR) is 75.0 cm³/mol. The van der Waals surface area contributed by atoms with E-state index in [2.05, 4.69) is 10.2 Å². The Morgan fingerprint density at radius 3 is 3.00 bits per heavy atom. The Hall–Kier alpha value is -1.55. The summed E-state index contributed by atoms with van der Waals surface area (Å²) in [5.74, 6) is 0.426. The largest absolute Gasteiger partial charge is 0.507 e. The fourth-order valence-electron chi connectivity index (χ4n) is 2.71. The van der Waals surface area contributed by atoms with Crippen molar-refractivity contribution in [3.63, 3.8) is 0 Å². The molecule has 0 radical (unpaired) electrons. The summed E-state index contributed by atoms with van der Waals surface area (Å²) in [6, 6.07) is 5.70. The number of carbonyl (C=O) groups excluding carboxylic acids is 1. The van der Waals surface area contributed by atoms with Crippen molar-refractivity contribution in [3.8, 4) is 5.75 Å². The lowest BCUT2D eigenvalue weighted by molar-refractivity contribution is -0.127. The monoisotopic (exact) mass is 262 g/mol. The van der Waals surface area contributed by atoms with Gasteiger partial charge in [0.2, 0.25) is 5.91 Å². The van der Waals surface area contributed by atoms with Crippen LogP contribution in [-0.4, -0.2) is 35.5 Å². The number of rotatable bonds is 3. The van der Waals surface area contributed by atoms with E-state index in [-0.39, 0.29) is 11.9 Å². The Balaban J connectivity index is 2.15. The van der Waals surface area contributed by atoms with Gasteiger partial charge in [0.25, 0.3) is 0 Å². The average molecular weight is 262 g/mol. The van der Waals surface area contributed by atoms with Crippen LogP contribution in [0.2, 0.25) is 0 Å². The summed E-state index contributed by atoms with van der Waals surface area (Å²) < 4.78 is 0. The van der Waals surface area contributed by atoms with Gasteiger partial charge in [0.05, 0.1) is 6.04 Å². The van der Waals surface area contributed by atoms with E-state index in [1.807, 2.05) is 25.1 Å². The highest BCUT2D eigenvalue weighted by atomic mass is 16.3. The molecule has 2 N–H and O–H groups in total. The Labute approximate surface area is 114 Å². The Bertz CT molecular complexity index is 459. The SMILES string of the molecule is CNC(=O)C1CCCCN1Cc1cccc(C)c1O. The van der Waals surface area contributed by atoms with Gasteiger partial charge in [-0.2, -0.15) is 0 Å². The number of hydrogen-bond acceptors (Lipinski definition) is 3. The van der Waals surface area contributed by atoms with Crippen molar-refractivity contribution in [1.82, 2.24) is 10.2 Å². The molecule has 4 nitrogen and oxygen atoms in total. The van der Waals surface area contributed by atoms with E-state index in [9.17, 15) is 9.90 Å². The van der Waals surface area contributed by atoms with Gasteiger partial charge in [-0.05, 0) is 31.9 Å². The smallest absolute Gasteiger partial charge is 0.237 e.